The number of ether oxygens (including phenoxy) is 2. The number of imidazole rings is 1. The van der Waals surface area contributed by atoms with Gasteiger partial charge >= 0.3 is 0 Å². The molecule has 1 aromatic rings. The molecule has 37 heavy (non-hydrogen) atoms. The van der Waals surface area contributed by atoms with Crippen LogP contribution in [0.1, 0.15) is 16.7 Å². The second-order valence-electron chi connectivity index (χ2n) is 7.71. The maximum atomic E-state index is 11.8. The summed E-state index contributed by atoms with van der Waals surface area (Å²) in [6, 6.07) is 0. The van der Waals surface area contributed by atoms with Gasteiger partial charge < -0.3 is 78.7 Å². The summed E-state index contributed by atoms with van der Waals surface area (Å²) in [4.78, 5) is 61.9. The number of anilines is 1. The molecule has 22 heteroatoms. The van der Waals surface area contributed by atoms with E-state index in [0.717, 1.165) is 17.2 Å². The Labute approximate surface area is 206 Å². The van der Waals surface area contributed by atoms with Crippen LogP contribution in [0.15, 0.2) is 11.3 Å². The van der Waals surface area contributed by atoms with Crippen LogP contribution in [0.2, 0.25) is 0 Å². The van der Waals surface area contributed by atoms with Crippen LogP contribution in [0.4, 0.5) is 5.82 Å². The molecule has 20 nitrogen and oxygen atoms in total. The Morgan fingerprint density at radius 3 is 2.14 bits per heavy atom. The van der Waals surface area contributed by atoms with Crippen molar-refractivity contribution in [1.29, 1.82) is 0 Å². The monoisotopic (exact) mass is 573 g/mol. The molecule has 3 rings (SSSR count). The minimum atomic E-state index is -5.41. The van der Waals surface area contributed by atoms with E-state index >= 15 is 0 Å². The van der Waals surface area contributed by atoms with Gasteiger partial charge in [0, 0.05) is 0 Å². The van der Waals surface area contributed by atoms with Gasteiger partial charge in [-0.25, -0.2) is 9.98 Å². The molecule has 0 aliphatic carbocycles. The molecule has 2 aliphatic heterocycles. The number of nitrogens with two attached hydrogens (primary N) is 1. The maximum absolute atomic E-state index is 11.8. The lowest BCUT2D eigenvalue weighted by atomic mass is 10.1. The summed E-state index contributed by atoms with van der Waals surface area (Å²) in [6.07, 6.45) is -10.9. The van der Waals surface area contributed by atoms with Gasteiger partial charge in [0.15, 0.2) is 18.1 Å². The molecule has 2 aliphatic rings. The first-order valence-electron chi connectivity index (χ1n) is 10.1. The summed E-state index contributed by atoms with van der Waals surface area (Å²) in [5.41, 5.74) is 4.86. The second-order valence-corrected chi connectivity index (χ2v) is 10.0. The molecular formula is C15H21N5O15P2-4. The average molecular weight is 573 g/mol. The highest BCUT2D eigenvalue weighted by Crippen LogP contribution is 2.35. The SMILES string of the molecule is NC(=O)c1ncn([C@@H]2O[C@H](COP(=O)([O-])[O-])[C@@H](O)[C@H]2O)c1N/C=N\[C@@H]1O[C@H](COP(=O)([O-])[O-])[C@@H](O)[C@H]1O. The molecule has 3 heterocycles. The van der Waals surface area contributed by atoms with Crippen molar-refractivity contribution in [2.45, 2.75) is 49.1 Å². The quantitative estimate of drug-likeness (QED) is 0.0813. The van der Waals surface area contributed by atoms with Gasteiger partial charge in [0.2, 0.25) is 0 Å². The number of rotatable bonds is 11. The van der Waals surface area contributed by atoms with Gasteiger partial charge in [-0.05, 0) is 0 Å². The number of amides is 1. The number of aliphatic hydroxyl groups excluding tert-OH is 4. The first-order chi connectivity index (χ1) is 17.1. The number of hydrogen-bond donors (Lipinski definition) is 6. The Hall–Kier alpha value is -1.87. The molecule has 210 valence electrons. The zero-order valence-electron chi connectivity index (χ0n) is 18.3. The molecule has 1 aromatic heterocycles. The number of hydrogen-bond acceptors (Lipinski definition) is 17. The molecule has 0 radical (unpaired) electrons. The van der Waals surface area contributed by atoms with Gasteiger partial charge in [-0.1, -0.05) is 0 Å². The van der Waals surface area contributed by atoms with E-state index in [-0.39, 0.29) is 5.82 Å². The molecule has 1 amide bonds. The third kappa shape index (κ3) is 7.37. The molecule has 8 atom stereocenters. The highest BCUT2D eigenvalue weighted by Gasteiger charge is 2.45. The van der Waals surface area contributed by atoms with Gasteiger partial charge in [-0.3, -0.25) is 9.36 Å². The molecule has 2 saturated heterocycles. The molecule has 0 unspecified atom stereocenters. The summed E-state index contributed by atoms with van der Waals surface area (Å²) in [5, 5.41) is 42.9. The van der Waals surface area contributed by atoms with E-state index in [2.05, 4.69) is 24.3 Å². The summed E-state index contributed by atoms with van der Waals surface area (Å²) in [5.74, 6) is -1.33. The highest BCUT2D eigenvalue weighted by atomic mass is 31.2. The topological polar surface area (TPSA) is 330 Å². The zero-order valence-corrected chi connectivity index (χ0v) is 20.1. The normalized spacial score (nSPS) is 32.9. The average Bonchev–Trinajstić information content (AvgIpc) is 3.41. The lowest BCUT2D eigenvalue weighted by molar-refractivity contribution is -0.345. The van der Waals surface area contributed by atoms with Crippen molar-refractivity contribution in [3.05, 3.63) is 12.0 Å². The van der Waals surface area contributed by atoms with Gasteiger partial charge in [0.05, 0.1) is 41.5 Å². The summed E-state index contributed by atoms with van der Waals surface area (Å²) >= 11 is 0. The fourth-order valence-corrected chi connectivity index (χ4v) is 4.12. The molecule has 0 saturated carbocycles. The smallest absolute Gasteiger partial charge is 0.271 e. The minimum absolute atomic E-state index is 0.265. The molecule has 0 aromatic carbocycles. The number of phosphoric acid groups is 2. The third-order valence-electron chi connectivity index (χ3n) is 5.19. The number of primary amides is 1. The number of phosphoric ester groups is 2. The molecule has 2 fully saturated rings. The van der Waals surface area contributed by atoms with E-state index in [1.54, 1.807) is 0 Å². The Morgan fingerprint density at radius 2 is 1.59 bits per heavy atom. The molecule has 7 N–H and O–H groups in total. The van der Waals surface area contributed by atoms with Gasteiger partial charge in [0.25, 0.3) is 5.91 Å². The predicted octanol–water partition coefficient (Wildman–Crippen LogP) is -6.82. The summed E-state index contributed by atoms with van der Waals surface area (Å²) < 4.78 is 40.9. The van der Waals surface area contributed by atoms with Crippen molar-refractivity contribution in [2.75, 3.05) is 18.5 Å². The first kappa shape index (κ1) is 29.7. The van der Waals surface area contributed by atoms with Crippen molar-refractivity contribution in [3.8, 4) is 0 Å². The van der Waals surface area contributed by atoms with Gasteiger partial charge in [0.1, 0.15) is 42.4 Å². The van der Waals surface area contributed by atoms with E-state index in [1.807, 2.05) is 0 Å². The number of aromatic nitrogens is 2. The van der Waals surface area contributed by atoms with E-state index in [1.165, 1.54) is 0 Å². The largest absolute Gasteiger partial charge is 0.790 e. The van der Waals surface area contributed by atoms with Crippen molar-refractivity contribution >= 4 is 33.7 Å². The Kier molecular flexibility index (Phi) is 9.21. The van der Waals surface area contributed by atoms with Crippen molar-refractivity contribution in [1.82, 2.24) is 9.55 Å². The standard InChI is InChI=1S/C15H25N5O15P2/c16-12(25)7-13(17-3-18-14-10(23)8(21)5(34-14)1-32-36(26,27)28)20(4-19-7)15-11(24)9(22)6(35-15)2-33-37(29,30)31/h3-6,8-11,14-15,21-24H,1-2H2,(H2,16,25)(H,17,18)(H2,26,27,28)(H2,29,30,31)/p-4/t5-,6-,8-,9-,10-,11-,14-,15-/m1/s1. The lowest BCUT2D eigenvalue weighted by Crippen LogP contribution is -2.35. The Bertz CT molecular complexity index is 1090. The van der Waals surface area contributed by atoms with Crippen LogP contribution in [0.3, 0.4) is 0 Å². The van der Waals surface area contributed by atoms with E-state index in [4.69, 9.17) is 15.2 Å². The number of aliphatic imine (C=N–C) groups is 1. The number of aliphatic hydroxyl groups is 4. The molecule has 0 bridgehead atoms. The Morgan fingerprint density at radius 1 is 1.05 bits per heavy atom. The van der Waals surface area contributed by atoms with Crippen LogP contribution in [0.25, 0.3) is 0 Å². The number of nitrogens with one attached hydrogen (secondary N) is 1. The van der Waals surface area contributed by atoms with Gasteiger partial charge in [-0.2, -0.15) is 0 Å². The first-order valence-corrected chi connectivity index (χ1v) is 13.0. The maximum Gasteiger partial charge on any atom is 0.271 e. The summed E-state index contributed by atoms with van der Waals surface area (Å²) in [7, 11) is -10.8. The fourth-order valence-electron chi connectivity index (χ4n) is 3.47. The van der Waals surface area contributed by atoms with Crippen LogP contribution in [-0.2, 0) is 27.7 Å². The second kappa shape index (κ2) is 11.5. The van der Waals surface area contributed by atoms with Gasteiger partial charge in [-0.15, -0.1) is 0 Å². The van der Waals surface area contributed by atoms with E-state index < -0.39 is 89.5 Å². The van der Waals surface area contributed by atoms with Crippen LogP contribution < -0.4 is 30.6 Å². The van der Waals surface area contributed by atoms with Crippen LogP contribution in [-0.4, -0.2) is 98.3 Å². The summed E-state index contributed by atoms with van der Waals surface area (Å²) in [6.45, 7) is -1.81. The third-order valence-corrected chi connectivity index (χ3v) is 6.12. The van der Waals surface area contributed by atoms with Crippen molar-refractivity contribution in [3.63, 3.8) is 0 Å². The number of carbonyl (C=O) groups is 1. The number of carbonyl (C=O) groups excluding carboxylic acids is 1. The highest BCUT2D eigenvalue weighted by molar-refractivity contribution is 7.43. The van der Waals surface area contributed by atoms with Crippen molar-refractivity contribution < 1.29 is 72.4 Å². The molecule has 0 spiro atoms. The number of nitrogens with zero attached hydrogens (tertiary/aromatic N) is 3. The fraction of sp³-hybridized carbons (Fsp3) is 0.667. The van der Waals surface area contributed by atoms with E-state index in [0.29, 0.717) is 0 Å². The Balaban J connectivity index is 1.74. The van der Waals surface area contributed by atoms with E-state index in [9.17, 15) is 53.9 Å². The lowest BCUT2D eigenvalue weighted by Gasteiger charge is -2.30. The van der Waals surface area contributed by atoms with Crippen molar-refractivity contribution in [2.24, 2.45) is 10.7 Å². The minimum Gasteiger partial charge on any atom is -0.790 e. The zero-order chi connectivity index (χ0) is 27.7. The molecular weight excluding hydrogens is 552 g/mol. The van der Waals surface area contributed by atoms with Crippen LogP contribution in [0.5, 0.6) is 0 Å². The predicted molar refractivity (Wildman–Crippen MR) is 107 cm³/mol. The van der Waals surface area contributed by atoms with Crippen LogP contribution >= 0.6 is 15.6 Å². The van der Waals surface area contributed by atoms with Crippen LogP contribution in [0, 0.1) is 0 Å².